The van der Waals surface area contributed by atoms with Crippen molar-refractivity contribution in [1.29, 1.82) is 0 Å². The zero-order valence-electron chi connectivity index (χ0n) is 9.53. The van der Waals surface area contributed by atoms with Crippen molar-refractivity contribution in [2.75, 3.05) is 0 Å². The summed E-state index contributed by atoms with van der Waals surface area (Å²) < 4.78 is 38.9. The number of rotatable bonds is 1. The molecule has 0 atom stereocenters. The quantitative estimate of drug-likeness (QED) is 0.326. The third-order valence-electron chi connectivity index (χ3n) is 2.58. The summed E-state index contributed by atoms with van der Waals surface area (Å²) in [5, 5.41) is 0.674. The molecule has 106 valence electrons. The van der Waals surface area contributed by atoms with Crippen LogP contribution in [-0.2, 0) is 6.18 Å². The number of hydrogen-bond donors (Lipinski definition) is 0. The summed E-state index contributed by atoms with van der Waals surface area (Å²) in [5.41, 5.74) is -0.0408. The van der Waals surface area contributed by atoms with Gasteiger partial charge in [0, 0.05) is 14.2 Å². The number of halogens is 7. The molecule has 2 rings (SSSR count). The molecule has 0 saturated carbocycles. The SMILES string of the molecule is FC(F)(F)c1cc(-c2cc(Cl)cc(Cl)c2Cl)ccc1I. The van der Waals surface area contributed by atoms with Crippen LogP contribution in [0.15, 0.2) is 30.3 Å². The summed E-state index contributed by atoms with van der Waals surface area (Å²) in [6.45, 7) is 0. The van der Waals surface area contributed by atoms with Gasteiger partial charge in [0.2, 0.25) is 0 Å². The molecule has 0 N–H and O–H groups in total. The average molecular weight is 451 g/mol. The van der Waals surface area contributed by atoms with Crippen LogP contribution in [-0.4, -0.2) is 0 Å². The second-order valence-corrected chi connectivity index (χ2v) is 6.33. The van der Waals surface area contributed by atoms with E-state index < -0.39 is 11.7 Å². The van der Waals surface area contributed by atoms with E-state index in [2.05, 4.69) is 0 Å². The highest BCUT2D eigenvalue weighted by molar-refractivity contribution is 14.1. The first-order valence-corrected chi connectivity index (χ1v) is 7.43. The fourth-order valence-electron chi connectivity index (χ4n) is 1.68. The van der Waals surface area contributed by atoms with Crippen molar-refractivity contribution in [3.05, 3.63) is 54.5 Å². The zero-order valence-corrected chi connectivity index (χ0v) is 14.0. The van der Waals surface area contributed by atoms with Gasteiger partial charge in [0.15, 0.2) is 0 Å². The lowest BCUT2D eigenvalue weighted by atomic mass is 10.0. The Morgan fingerprint density at radius 2 is 1.60 bits per heavy atom. The molecule has 7 heteroatoms. The van der Waals surface area contributed by atoms with Gasteiger partial charge in [0.1, 0.15) is 0 Å². The third kappa shape index (κ3) is 3.35. The van der Waals surface area contributed by atoms with Crippen molar-refractivity contribution in [3.63, 3.8) is 0 Å². The van der Waals surface area contributed by atoms with Gasteiger partial charge in [-0.15, -0.1) is 0 Å². The molecule has 2 aromatic carbocycles. The fraction of sp³-hybridized carbons (Fsp3) is 0.0769. The summed E-state index contributed by atoms with van der Waals surface area (Å²) in [4.78, 5) is 0. The Morgan fingerprint density at radius 1 is 0.950 bits per heavy atom. The molecule has 0 radical (unpaired) electrons. The maximum absolute atomic E-state index is 12.9. The largest absolute Gasteiger partial charge is 0.417 e. The van der Waals surface area contributed by atoms with E-state index in [1.807, 2.05) is 0 Å². The van der Waals surface area contributed by atoms with Gasteiger partial charge in [-0.1, -0.05) is 40.9 Å². The summed E-state index contributed by atoms with van der Waals surface area (Å²) in [6.07, 6.45) is -4.43. The standard InChI is InChI=1S/C13H5Cl3F3I/c14-7-4-8(12(16)10(15)5-7)6-1-2-11(20)9(3-6)13(17,18)19/h1-5H. The molecule has 0 aliphatic rings. The summed E-state index contributed by atoms with van der Waals surface area (Å²) in [7, 11) is 0. The minimum Gasteiger partial charge on any atom is -0.166 e. The average Bonchev–Trinajstić information content (AvgIpc) is 2.33. The van der Waals surface area contributed by atoms with E-state index in [-0.39, 0.29) is 13.6 Å². The minimum absolute atomic E-state index is 0.114. The highest BCUT2D eigenvalue weighted by Gasteiger charge is 2.33. The van der Waals surface area contributed by atoms with Gasteiger partial charge in [-0.3, -0.25) is 0 Å². The van der Waals surface area contributed by atoms with Crippen LogP contribution < -0.4 is 0 Å². The minimum atomic E-state index is -4.43. The molecule has 0 spiro atoms. The molecule has 0 aromatic heterocycles. The predicted octanol–water partition coefficient (Wildman–Crippen LogP) is 6.94. The van der Waals surface area contributed by atoms with Crippen LogP contribution in [0, 0.1) is 3.57 Å². The first kappa shape index (κ1) is 16.2. The second-order valence-electron chi connectivity index (χ2n) is 3.94. The lowest BCUT2D eigenvalue weighted by Crippen LogP contribution is -2.07. The van der Waals surface area contributed by atoms with Crippen molar-refractivity contribution in [3.8, 4) is 11.1 Å². The Hall–Kier alpha value is -0.170. The molecule has 0 fully saturated rings. The van der Waals surface area contributed by atoms with Crippen LogP contribution in [0.5, 0.6) is 0 Å². The summed E-state index contributed by atoms with van der Waals surface area (Å²) >= 11 is 19.4. The number of alkyl halides is 3. The first-order chi connectivity index (χ1) is 9.20. The van der Waals surface area contributed by atoms with Crippen LogP contribution in [0.1, 0.15) is 5.56 Å². The molecular formula is C13H5Cl3F3I. The van der Waals surface area contributed by atoms with Gasteiger partial charge >= 0.3 is 6.18 Å². The van der Waals surface area contributed by atoms with Gasteiger partial charge in [-0.05, 0) is 52.4 Å². The smallest absolute Gasteiger partial charge is 0.166 e. The molecule has 0 heterocycles. The topological polar surface area (TPSA) is 0 Å². The molecule has 20 heavy (non-hydrogen) atoms. The van der Waals surface area contributed by atoms with Crippen LogP contribution in [0.4, 0.5) is 13.2 Å². The predicted molar refractivity (Wildman–Crippen MR) is 84.6 cm³/mol. The van der Waals surface area contributed by atoms with Gasteiger partial charge in [-0.25, -0.2) is 0 Å². The van der Waals surface area contributed by atoms with Crippen molar-refractivity contribution >= 4 is 57.4 Å². The Bertz CT molecular complexity index is 669. The highest BCUT2D eigenvalue weighted by Crippen LogP contribution is 2.40. The third-order valence-corrected chi connectivity index (χ3v) is 4.54. The van der Waals surface area contributed by atoms with Crippen molar-refractivity contribution < 1.29 is 13.2 Å². The van der Waals surface area contributed by atoms with Gasteiger partial charge in [-0.2, -0.15) is 13.2 Å². The Kier molecular flexibility index (Phi) is 4.79. The molecule has 0 aliphatic carbocycles. The van der Waals surface area contributed by atoms with E-state index in [0.717, 1.165) is 6.07 Å². The molecule has 0 amide bonds. The Morgan fingerprint density at radius 3 is 2.20 bits per heavy atom. The van der Waals surface area contributed by atoms with E-state index in [4.69, 9.17) is 34.8 Å². The van der Waals surface area contributed by atoms with E-state index >= 15 is 0 Å². The molecule has 0 saturated heterocycles. The molecule has 0 unspecified atom stereocenters. The number of benzene rings is 2. The van der Waals surface area contributed by atoms with E-state index in [0.29, 0.717) is 16.1 Å². The van der Waals surface area contributed by atoms with Gasteiger partial charge < -0.3 is 0 Å². The van der Waals surface area contributed by atoms with Crippen LogP contribution in [0.25, 0.3) is 11.1 Å². The van der Waals surface area contributed by atoms with Crippen molar-refractivity contribution in [2.45, 2.75) is 6.18 Å². The summed E-state index contributed by atoms with van der Waals surface area (Å²) in [5.74, 6) is 0. The first-order valence-electron chi connectivity index (χ1n) is 5.22. The second kappa shape index (κ2) is 5.91. The number of hydrogen-bond acceptors (Lipinski definition) is 0. The van der Waals surface area contributed by atoms with Crippen molar-refractivity contribution in [1.82, 2.24) is 0 Å². The molecule has 2 aromatic rings. The molecular weight excluding hydrogens is 446 g/mol. The van der Waals surface area contributed by atoms with Gasteiger partial charge in [0.05, 0.1) is 15.6 Å². The van der Waals surface area contributed by atoms with Crippen LogP contribution in [0.3, 0.4) is 0 Å². The van der Waals surface area contributed by atoms with Gasteiger partial charge in [0.25, 0.3) is 0 Å². The normalized spacial score (nSPS) is 11.8. The zero-order chi connectivity index (χ0) is 15.1. The maximum atomic E-state index is 12.9. The van der Waals surface area contributed by atoms with E-state index in [1.165, 1.54) is 18.2 Å². The van der Waals surface area contributed by atoms with Crippen molar-refractivity contribution in [2.24, 2.45) is 0 Å². The highest BCUT2D eigenvalue weighted by atomic mass is 127. The van der Waals surface area contributed by atoms with E-state index in [9.17, 15) is 13.2 Å². The summed E-state index contributed by atoms with van der Waals surface area (Å²) in [6, 6.07) is 6.88. The molecule has 0 bridgehead atoms. The van der Waals surface area contributed by atoms with E-state index in [1.54, 1.807) is 28.7 Å². The molecule has 0 aliphatic heterocycles. The van der Waals surface area contributed by atoms with Crippen LogP contribution in [0.2, 0.25) is 15.1 Å². The lowest BCUT2D eigenvalue weighted by Gasteiger charge is -2.13. The Balaban J connectivity index is 2.66. The molecule has 0 nitrogen and oxygen atoms in total. The lowest BCUT2D eigenvalue weighted by molar-refractivity contribution is -0.138. The van der Waals surface area contributed by atoms with Crippen LogP contribution >= 0.6 is 57.4 Å². The Labute approximate surface area is 142 Å². The monoisotopic (exact) mass is 450 g/mol. The fourth-order valence-corrected chi connectivity index (χ4v) is 3.03. The maximum Gasteiger partial charge on any atom is 0.417 e.